The second-order valence-corrected chi connectivity index (χ2v) is 8.12. The Morgan fingerprint density at radius 3 is 2.75 bits per heavy atom. The quantitative estimate of drug-likeness (QED) is 0.820. The molecule has 24 heavy (non-hydrogen) atoms. The summed E-state index contributed by atoms with van der Waals surface area (Å²) >= 11 is 1.66. The minimum Gasteiger partial charge on any atom is -0.383 e. The van der Waals surface area contributed by atoms with Crippen LogP contribution in [-0.4, -0.2) is 56.7 Å². The number of hydrogen-bond donors (Lipinski definition) is 1. The molecule has 0 radical (unpaired) electrons. The van der Waals surface area contributed by atoms with E-state index in [1.54, 1.807) is 11.8 Å². The zero-order valence-corrected chi connectivity index (χ0v) is 15.4. The number of aliphatic hydroxyl groups is 1. The Morgan fingerprint density at radius 2 is 2.12 bits per heavy atom. The SMILES string of the molecule is CSCC[C@H](O)C(=O)N1CCC(c2nccn2CC2CCC2)CC1. The van der Waals surface area contributed by atoms with Crippen molar-refractivity contribution in [2.45, 2.75) is 57.1 Å². The van der Waals surface area contributed by atoms with E-state index in [1.165, 1.54) is 25.1 Å². The van der Waals surface area contributed by atoms with E-state index in [9.17, 15) is 9.90 Å². The van der Waals surface area contributed by atoms with E-state index < -0.39 is 6.10 Å². The molecule has 1 aromatic rings. The van der Waals surface area contributed by atoms with Crippen LogP contribution >= 0.6 is 11.8 Å². The number of imidazole rings is 1. The van der Waals surface area contributed by atoms with E-state index in [1.807, 2.05) is 17.4 Å². The number of likely N-dealkylation sites (tertiary alicyclic amines) is 1. The van der Waals surface area contributed by atoms with Gasteiger partial charge >= 0.3 is 0 Å². The summed E-state index contributed by atoms with van der Waals surface area (Å²) in [6.45, 7) is 2.56. The number of amides is 1. The number of carbonyl (C=O) groups excluding carboxylic acids is 1. The van der Waals surface area contributed by atoms with Crippen LogP contribution in [-0.2, 0) is 11.3 Å². The summed E-state index contributed by atoms with van der Waals surface area (Å²) in [5.41, 5.74) is 0. The van der Waals surface area contributed by atoms with Crippen molar-refractivity contribution in [3.05, 3.63) is 18.2 Å². The molecule has 0 bridgehead atoms. The lowest BCUT2D eigenvalue weighted by Crippen LogP contribution is -2.44. The van der Waals surface area contributed by atoms with E-state index in [0.717, 1.165) is 44.1 Å². The van der Waals surface area contributed by atoms with E-state index in [4.69, 9.17) is 0 Å². The highest BCUT2D eigenvalue weighted by atomic mass is 32.2. The topological polar surface area (TPSA) is 58.4 Å². The molecule has 2 aliphatic rings. The number of thioether (sulfide) groups is 1. The molecule has 5 nitrogen and oxygen atoms in total. The van der Waals surface area contributed by atoms with Gasteiger partial charge < -0.3 is 14.6 Å². The van der Waals surface area contributed by atoms with Crippen molar-refractivity contribution >= 4 is 17.7 Å². The third-order valence-electron chi connectivity index (χ3n) is 5.48. The molecule has 1 aliphatic carbocycles. The zero-order valence-electron chi connectivity index (χ0n) is 14.6. The standard InChI is InChI=1S/C18H29N3O2S/c1-24-12-7-16(22)18(23)20-9-5-15(6-10-20)17-19-8-11-21(17)13-14-3-2-4-14/h8,11,14-16,22H,2-7,9-10,12-13H2,1H3/t16-/m0/s1. The first kappa shape index (κ1) is 17.8. The lowest BCUT2D eigenvalue weighted by molar-refractivity contribution is -0.141. The lowest BCUT2D eigenvalue weighted by Gasteiger charge is -2.34. The predicted octanol–water partition coefficient (Wildman–Crippen LogP) is 2.50. The summed E-state index contributed by atoms with van der Waals surface area (Å²) in [5.74, 6) is 3.18. The van der Waals surface area contributed by atoms with Gasteiger partial charge in [-0.2, -0.15) is 11.8 Å². The summed E-state index contributed by atoms with van der Waals surface area (Å²) in [6, 6.07) is 0. The molecule has 1 saturated carbocycles. The first-order chi connectivity index (χ1) is 11.7. The van der Waals surface area contributed by atoms with Crippen molar-refractivity contribution in [2.75, 3.05) is 25.1 Å². The van der Waals surface area contributed by atoms with Crippen molar-refractivity contribution < 1.29 is 9.90 Å². The third-order valence-corrected chi connectivity index (χ3v) is 6.12. The minimum atomic E-state index is -0.838. The van der Waals surface area contributed by atoms with Gasteiger partial charge in [-0.3, -0.25) is 4.79 Å². The van der Waals surface area contributed by atoms with Gasteiger partial charge in [-0.1, -0.05) is 6.42 Å². The maximum Gasteiger partial charge on any atom is 0.251 e. The molecule has 1 aliphatic heterocycles. The van der Waals surface area contributed by atoms with E-state index in [-0.39, 0.29) is 5.91 Å². The third kappa shape index (κ3) is 4.14. The van der Waals surface area contributed by atoms with Gasteiger partial charge in [0.2, 0.25) is 0 Å². The fourth-order valence-corrected chi connectivity index (χ4v) is 4.17. The summed E-state index contributed by atoms with van der Waals surface area (Å²) < 4.78 is 2.33. The van der Waals surface area contributed by atoms with Gasteiger partial charge in [0.1, 0.15) is 11.9 Å². The number of nitrogens with zero attached hydrogens (tertiary/aromatic N) is 3. The molecule has 0 unspecified atom stereocenters. The van der Waals surface area contributed by atoms with Crippen LogP contribution < -0.4 is 0 Å². The Hall–Kier alpha value is -1.01. The number of carbonyl (C=O) groups is 1. The molecule has 1 amide bonds. The van der Waals surface area contributed by atoms with Crippen LogP contribution in [0.3, 0.4) is 0 Å². The van der Waals surface area contributed by atoms with Crippen molar-refractivity contribution in [3.8, 4) is 0 Å². The van der Waals surface area contributed by atoms with Gasteiger partial charge in [0.25, 0.3) is 5.91 Å². The molecule has 2 heterocycles. The first-order valence-corrected chi connectivity index (χ1v) is 10.5. The molecule has 1 atom stereocenters. The molecule has 1 aromatic heterocycles. The van der Waals surface area contributed by atoms with E-state index in [2.05, 4.69) is 15.7 Å². The number of rotatable bonds is 7. The molecule has 6 heteroatoms. The smallest absolute Gasteiger partial charge is 0.251 e. The van der Waals surface area contributed by atoms with Crippen LogP contribution in [0.25, 0.3) is 0 Å². The molecule has 2 fully saturated rings. The molecule has 3 rings (SSSR count). The van der Waals surface area contributed by atoms with Crippen LogP contribution in [0.2, 0.25) is 0 Å². The maximum atomic E-state index is 12.3. The second kappa shape index (κ2) is 8.39. The van der Waals surface area contributed by atoms with Crippen molar-refractivity contribution in [1.82, 2.24) is 14.5 Å². The summed E-state index contributed by atoms with van der Waals surface area (Å²) in [4.78, 5) is 18.7. The van der Waals surface area contributed by atoms with Gasteiger partial charge in [-0.15, -0.1) is 0 Å². The summed E-state index contributed by atoms with van der Waals surface area (Å²) in [7, 11) is 0. The Bertz CT molecular complexity index is 536. The van der Waals surface area contributed by atoms with Crippen LogP contribution in [0, 0.1) is 5.92 Å². The second-order valence-electron chi connectivity index (χ2n) is 7.13. The molecule has 0 aromatic carbocycles. The highest BCUT2D eigenvalue weighted by Gasteiger charge is 2.29. The highest BCUT2D eigenvalue weighted by molar-refractivity contribution is 7.98. The van der Waals surface area contributed by atoms with E-state index in [0.29, 0.717) is 12.3 Å². The van der Waals surface area contributed by atoms with Gasteiger partial charge in [0.15, 0.2) is 0 Å². The maximum absolute atomic E-state index is 12.3. The Labute approximate surface area is 148 Å². The van der Waals surface area contributed by atoms with E-state index >= 15 is 0 Å². The fourth-order valence-electron chi connectivity index (χ4n) is 3.71. The summed E-state index contributed by atoms with van der Waals surface area (Å²) in [5, 5.41) is 10.0. The Morgan fingerprint density at radius 1 is 1.38 bits per heavy atom. The Balaban J connectivity index is 1.51. The van der Waals surface area contributed by atoms with Crippen molar-refractivity contribution in [1.29, 1.82) is 0 Å². The fraction of sp³-hybridized carbons (Fsp3) is 0.778. The number of hydrogen-bond acceptors (Lipinski definition) is 4. The largest absolute Gasteiger partial charge is 0.383 e. The zero-order chi connectivity index (χ0) is 16.9. The van der Waals surface area contributed by atoms with Crippen molar-refractivity contribution in [3.63, 3.8) is 0 Å². The molecular weight excluding hydrogens is 322 g/mol. The highest BCUT2D eigenvalue weighted by Crippen LogP contribution is 2.31. The van der Waals surface area contributed by atoms with Gasteiger partial charge in [0.05, 0.1) is 0 Å². The van der Waals surface area contributed by atoms with Crippen molar-refractivity contribution in [2.24, 2.45) is 5.92 Å². The number of aromatic nitrogens is 2. The van der Waals surface area contributed by atoms with Crippen LogP contribution in [0.5, 0.6) is 0 Å². The molecule has 1 saturated heterocycles. The molecular formula is C18H29N3O2S. The normalized spacial score (nSPS) is 20.8. The van der Waals surface area contributed by atoms with Gasteiger partial charge in [-0.25, -0.2) is 4.98 Å². The monoisotopic (exact) mass is 351 g/mol. The predicted molar refractivity (Wildman–Crippen MR) is 97.1 cm³/mol. The van der Waals surface area contributed by atoms with Crippen LogP contribution in [0.1, 0.15) is 50.3 Å². The van der Waals surface area contributed by atoms with Crippen LogP contribution in [0.15, 0.2) is 12.4 Å². The number of piperidine rings is 1. The first-order valence-electron chi connectivity index (χ1n) is 9.16. The average Bonchev–Trinajstić information content (AvgIpc) is 3.03. The summed E-state index contributed by atoms with van der Waals surface area (Å²) in [6.07, 6.45) is 11.7. The molecule has 0 spiro atoms. The minimum absolute atomic E-state index is 0.0969. The molecule has 134 valence electrons. The Kier molecular flexibility index (Phi) is 6.22. The lowest BCUT2D eigenvalue weighted by atomic mass is 9.85. The van der Waals surface area contributed by atoms with Crippen LogP contribution in [0.4, 0.5) is 0 Å². The average molecular weight is 352 g/mol. The van der Waals surface area contributed by atoms with Gasteiger partial charge in [0, 0.05) is 37.9 Å². The number of aliphatic hydroxyl groups excluding tert-OH is 1. The van der Waals surface area contributed by atoms with Gasteiger partial charge in [-0.05, 0) is 50.0 Å². The molecule has 1 N–H and O–H groups in total.